The minimum Gasteiger partial charge on any atom is -0.452 e. The van der Waals surface area contributed by atoms with Gasteiger partial charge in [0.05, 0.1) is 5.69 Å². The van der Waals surface area contributed by atoms with Crippen LogP contribution in [0.3, 0.4) is 0 Å². The smallest absolute Gasteiger partial charge is 0.317 e. The molecule has 7 nitrogen and oxygen atoms in total. The maximum atomic E-state index is 12.3. The number of fused-ring (bicyclic) bond motifs is 1. The van der Waals surface area contributed by atoms with Crippen molar-refractivity contribution in [1.82, 2.24) is 4.98 Å². The van der Waals surface area contributed by atoms with Gasteiger partial charge in [0.25, 0.3) is 11.1 Å². The maximum Gasteiger partial charge on any atom is 0.317 e. The van der Waals surface area contributed by atoms with Crippen LogP contribution in [0.2, 0.25) is 0 Å². The molecule has 144 valence electrons. The van der Waals surface area contributed by atoms with Gasteiger partial charge in [-0.25, -0.2) is 4.98 Å². The number of carbonyl (C=O) groups excluding carboxylic acids is 3. The third-order valence-corrected chi connectivity index (χ3v) is 4.63. The molecule has 0 radical (unpaired) electrons. The van der Waals surface area contributed by atoms with Crippen LogP contribution in [0.15, 0.2) is 58.2 Å². The predicted octanol–water partition coefficient (Wildman–Crippen LogP) is 3.69. The Balaban J connectivity index is 1.53. The van der Waals surface area contributed by atoms with Crippen molar-refractivity contribution in [1.29, 1.82) is 0 Å². The Morgan fingerprint density at radius 1 is 1.14 bits per heavy atom. The third kappa shape index (κ3) is 4.77. The van der Waals surface area contributed by atoms with Gasteiger partial charge in [0.15, 0.2) is 17.5 Å². The fraction of sp³-hybridized carbons (Fsp3) is 0.200. The van der Waals surface area contributed by atoms with Crippen LogP contribution in [-0.4, -0.2) is 34.5 Å². The Bertz CT molecular complexity index is 997. The van der Waals surface area contributed by atoms with E-state index in [1.807, 2.05) is 18.2 Å². The molecule has 1 amide bonds. The van der Waals surface area contributed by atoms with Crippen molar-refractivity contribution in [2.24, 2.45) is 0 Å². The molecule has 0 unspecified atom stereocenters. The number of benzene rings is 2. The minimum atomic E-state index is -1.02. The van der Waals surface area contributed by atoms with Crippen molar-refractivity contribution < 1.29 is 23.5 Å². The highest BCUT2D eigenvalue weighted by Crippen LogP contribution is 2.23. The molecule has 0 bridgehead atoms. The molecule has 1 N–H and O–H groups in total. The summed E-state index contributed by atoms with van der Waals surface area (Å²) < 4.78 is 10.7. The van der Waals surface area contributed by atoms with Gasteiger partial charge in [-0.05, 0) is 38.1 Å². The van der Waals surface area contributed by atoms with Crippen molar-refractivity contribution >= 4 is 46.2 Å². The molecule has 1 heterocycles. The second kappa shape index (κ2) is 8.71. The number of hydrogen-bond acceptors (Lipinski definition) is 7. The normalized spacial score (nSPS) is 11.8. The van der Waals surface area contributed by atoms with Crippen molar-refractivity contribution in [3.8, 4) is 0 Å². The molecule has 3 aromatic rings. The molecular formula is C20H18N2O5S. The number of carbonyl (C=O) groups is 3. The van der Waals surface area contributed by atoms with Crippen LogP contribution in [0, 0.1) is 0 Å². The maximum absolute atomic E-state index is 12.3. The minimum absolute atomic E-state index is 0.0471. The summed E-state index contributed by atoms with van der Waals surface area (Å²) in [4.78, 5) is 40.2. The number of Topliss-reactive ketones (excluding diaryl/α,β-unsaturated/α-hetero) is 1. The molecule has 0 saturated carbocycles. The van der Waals surface area contributed by atoms with E-state index in [9.17, 15) is 14.4 Å². The predicted molar refractivity (Wildman–Crippen MR) is 105 cm³/mol. The average molecular weight is 398 g/mol. The van der Waals surface area contributed by atoms with Gasteiger partial charge in [0.2, 0.25) is 0 Å². The summed E-state index contributed by atoms with van der Waals surface area (Å²) in [5.74, 6) is -1.31. The van der Waals surface area contributed by atoms with Crippen LogP contribution in [0.4, 0.5) is 5.69 Å². The van der Waals surface area contributed by atoms with Crippen LogP contribution in [-0.2, 0) is 14.3 Å². The molecule has 0 aliphatic rings. The Morgan fingerprint density at radius 3 is 2.61 bits per heavy atom. The van der Waals surface area contributed by atoms with E-state index < -0.39 is 18.0 Å². The van der Waals surface area contributed by atoms with Gasteiger partial charge >= 0.3 is 5.97 Å². The van der Waals surface area contributed by atoms with Gasteiger partial charge in [0.1, 0.15) is 11.3 Å². The third-order valence-electron chi connectivity index (χ3n) is 3.83. The number of esters is 1. The lowest BCUT2D eigenvalue weighted by Gasteiger charge is -2.14. The van der Waals surface area contributed by atoms with Crippen LogP contribution >= 0.6 is 11.8 Å². The number of nitrogens with zero attached hydrogens (tertiary/aromatic N) is 1. The van der Waals surface area contributed by atoms with Crippen LogP contribution in [0.1, 0.15) is 24.2 Å². The number of oxazole rings is 1. The standard InChI is InChI=1S/C20H18N2O5S/c1-12(23)14-7-3-4-8-15(14)21-19(25)13(2)26-18(24)11-28-20-22-16-9-5-6-10-17(16)27-20/h3-10,13H,11H2,1-2H3,(H,21,25)/t13-/m1/s1. The van der Waals surface area contributed by atoms with E-state index in [0.717, 1.165) is 11.8 Å². The molecule has 1 atom stereocenters. The summed E-state index contributed by atoms with van der Waals surface area (Å²) in [5, 5.41) is 2.97. The molecule has 3 rings (SSSR count). The lowest BCUT2D eigenvalue weighted by molar-refractivity contribution is -0.150. The van der Waals surface area contributed by atoms with E-state index in [1.165, 1.54) is 13.8 Å². The molecule has 0 fully saturated rings. The Hall–Kier alpha value is -3.13. The zero-order valence-electron chi connectivity index (χ0n) is 15.3. The van der Waals surface area contributed by atoms with Crippen LogP contribution in [0.5, 0.6) is 0 Å². The number of aromatic nitrogens is 1. The molecule has 2 aromatic carbocycles. The average Bonchev–Trinajstić information content (AvgIpc) is 3.09. The first-order chi connectivity index (χ1) is 13.4. The van der Waals surface area contributed by atoms with E-state index >= 15 is 0 Å². The Labute approximate surface area is 165 Å². The second-order valence-electron chi connectivity index (χ2n) is 5.96. The van der Waals surface area contributed by atoms with E-state index in [2.05, 4.69) is 10.3 Å². The van der Waals surface area contributed by atoms with Gasteiger partial charge < -0.3 is 14.5 Å². The zero-order valence-corrected chi connectivity index (χ0v) is 16.1. The lowest BCUT2D eigenvalue weighted by Crippen LogP contribution is -2.31. The van der Waals surface area contributed by atoms with Crippen molar-refractivity contribution in [3.63, 3.8) is 0 Å². The number of ether oxygens (including phenoxy) is 1. The summed E-state index contributed by atoms with van der Waals surface area (Å²) >= 11 is 1.09. The molecule has 0 aliphatic carbocycles. The Kier molecular flexibility index (Phi) is 6.10. The van der Waals surface area contributed by atoms with Crippen molar-refractivity contribution in [2.45, 2.75) is 25.2 Å². The van der Waals surface area contributed by atoms with Crippen LogP contribution in [0.25, 0.3) is 11.1 Å². The first-order valence-corrected chi connectivity index (χ1v) is 9.51. The first kappa shape index (κ1) is 19.6. The number of hydrogen-bond donors (Lipinski definition) is 1. The summed E-state index contributed by atoms with van der Waals surface area (Å²) in [6, 6.07) is 13.9. The van der Waals surface area contributed by atoms with E-state index in [0.29, 0.717) is 27.6 Å². The molecule has 0 saturated heterocycles. The summed E-state index contributed by atoms with van der Waals surface area (Å²) in [6.45, 7) is 2.88. The highest BCUT2D eigenvalue weighted by Gasteiger charge is 2.20. The number of amides is 1. The van der Waals surface area contributed by atoms with E-state index in [1.54, 1.807) is 30.3 Å². The summed E-state index contributed by atoms with van der Waals surface area (Å²) in [6.07, 6.45) is -1.02. The molecule has 1 aromatic heterocycles. The topological polar surface area (TPSA) is 98.5 Å². The molecule has 28 heavy (non-hydrogen) atoms. The number of rotatable bonds is 7. The fourth-order valence-corrected chi connectivity index (χ4v) is 3.07. The number of thioether (sulfide) groups is 1. The number of ketones is 1. The van der Waals surface area contributed by atoms with Gasteiger partial charge in [0, 0.05) is 5.56 Å². The molecule has 0 spiro atoms. The number of para-hydroxylation sites is 3. The van der Waals surface area contributed by atoms with Crippen LogP contribution < -0.4 is 5.32 Å². The van der Waals surface area contributed by atoms with Gasteiger partial charge in [-0.1, -0.05) is 36.0 Å². The highest BCUT2D eigenvalue weighted by atomic mass is 32.2. The monoisotopic (exact) mass is 398 g/mol. The first-order valence-electron chi connectivity index (χ1n) is 8.52. The second-order valence-corrected chi connectivity index (χ2v) is 6.89. The molecule has 0 aliphatic heterocycles. The number of nitrogens with one attached hydrogen (secondary N) is 1. The molecular weight excluding hydrogens is 380 g/mol. The Morgan fingerprint density at radius 2 is 1.86 bits per heavy atom. The SMILES string of the molecule is CC(=O)c1ccccc1NC(=O)[C@@H](C)OC(=O)CSc1nc2ccccc2o1. The lowest BCUT2D eigenvalue weighted by atomic mass is 10.1. The number of anilines is 1. The summed E-state index contributed by atoms with van der Waals surface area (Å²) in [7, 11) is 0. The quantitative estimate of drug-likeness (QED) is 0.368. The van der Waals surface area contributed by atoms with Gasteiger partial charge in [-0.15, -0.1) is 0 Å². The van der Waals surface area contributed by atoms with Crippen molar-refractivity contribution in [3.05, 3.63) is 54.1 Å². The van der Waals surface area contributed by atoms with E-state index in [4.69, 9.17) is 9.15 Å². The van der Waals surface area contributed by atoms with E-state index in [-0.39, 0.29) is 11.5 Å². The summed E-state index contributed by atoms with van der Waals surface area (Å²) in [5.41, 5.74) is 2.11. The largest absolute Gasteiger partial charge is 0.452 e. The fourth-order valence-electron chi connectivity index (χ4n) is 2.45. The van der Waals surface area contributed by atoms with Gasteiger partial charge in [-0.3, -0.25) is 14.4 Å². The van der Waals surface area contributed by atoms with Gasteiger partial charge in [-0.2, -0.15) is 0 Å². The molecule has 8 heteroatoms. The highest BCUT2D eigenvalue weighted by molar-refractivity contribution is 7.99. The zero-order chi connectivity index (χ0) is 20.1. The van der Waals surface area contributed by atoms with Crippen molar-refractivity contribution in [2.75, 3.05) is 11.1 Å².